The summed E-state index contributed by atoms with van der Waals surface area (Å²) in [6.45, 7) is 6.09. The topological polar surface area (TPSA) is 32.3 Å². The first-order valence-corrected chi connectivity index (χ1v) is 9.56. The number of hydrogen-bond acceptors (Lipinski definition) is 3. The highest BCUT2D eigenvalue weighted by Gasteiger charge is 2.43. The van der Waals surface area contributed by atoms with Gasteiger partial charge in [-0.1, -0.05) is 15.9 Å². The van der Waals surface area contributed by atoms with Crippen LogP contribution < -0.4 is 5.32 Å². The van der Waals surface area contributed by atoms with Gasteiger partial charge in [-0.15, -0.1) is 11.8 Å². The minimum atomic E-state index is -0.432. The number of rotatable bonds is 3. The van der Waals surface area contributed by atoms with Gasteiger partial charge in [0.15, 0.2) is 0 Å². The maximum absolute atomic E-state index is 13.2. The molecule has 1 amide bonds. The Balaban J connectivity index is 1.76. The molecule has 0 aromatic heterocycles. The zero-order valence-electron chi connectivity index (χ0n) is 13.1. The molecule has 2 fully saturated rings. The van der Waals surface area contributed by atoms with Crippen molar-refractivity contribution in [2.24, 2.45) is 0 Å². The average Bonchev–Trinajstić information content (AvgIpc) is 2.73. The third kappa shape index (κ3) is 3.36. The molecule has 2 aliphatic heterocycles. The lowest BCUT2D eigenvalue weighted by Crippen LogP contribution is -2.50. The maximum Gasteiger partial charge on any atom is 0.239 e. The Morgan fingerprint density at radius 2 is 1.91 bits per heavy atom. The van der Waals surface area contributed by atoms with Crippen molar-refractivity contribution in [1.82, 2.24) is 10.2 Å². The number of amides is 1. The van der Waals surface area contributed by atoms with E-state index in [2.05, 4.69) is 52.1 Å². The molecule has 2 heterocycles. The zero-order valence-corrected chi connectivity index (χ0v) is 15.5. The van der Waals surface area contributed by atoms with Crippen molar-refractivity contribution in [2.45, 2.75) is 54.8 Å². The summed E-state index contributed by atoms with van der Waals surface area (Å²) in [5.41, 5.74) is 0. The van der Waals surface area contributed by atoms with Crippen molar-refractivity contribution in [1.29, 1.82) is 0 Å². The number of benzene rings is 1. The molecule has 1 N–H and O–H groups in total. The molecule has 2 bridgehead atoms. The van der Waals surface area contributed by atoms with E-state index < -0.39 is 4.75 Å². The van der Waals surface area contributed by atoms with Crippen molar-refractivity contribution >= 4 is 33.6 Å². The molecule has 0 aliphatic carbocycles. The summed E-state index contributed by atoms with van der Waals surface area (Å²) in [4.78, 5) is 16.5. The molecule has 0 saturated carbocycles. The Morgan fingerprint density at radius 3 is 2.64 bits per heavy atom. The molecule has 2 atom stereocenters. The molecule has 2 saturated heterocycles. The molecule has 5 heteroatoms. The Bertz CT molecular complexity index is 532. The summed E-state index contributed by atoms with van der Waals surface area (Å²) in [7, 11) is 0. The van der Waals surface area contributed by atoms with Gasteiger partial charge >= 0.3 is 0 Å². The van der Waals surface area contributed by atoms with Gasteiger partial charge in [-0.25, -0.2) is 0 Å². The lowest BCUT2D eigenvalue weighted by atomic mass is 10.1. The number of nitrogens with one attached hydrogen (secondary N) is 1. The molecular weight excluding hydrogens is 360 g/mol. The second-order valence-electron chi connectivity index (χ2n) is 6.66. The van der Waals surface area contributed by atoms with Crippen LogP contribution in [0, 0.1) is 0 Å². The van der Waals surface area contributed by atoms with Crippen LogP contribution in [0.4, 0.5) is 0 Å². The standard InChI is InChI=1S/C17H23BrN2OS/c1-17(2,22-15-7-3-12(18)4-8-15)16(21)20-13-5-6-14(20)11-19-10-9-13/h3-4,7-8,13-14,19H,5-6,9-11H2,1-2H3. The number of thioether (sulfide) groups is 1. The van der Waals surface area contributed by atoms with Crippen LogP contribution in [-0.2, 0) is 4.79 Å². The van der Waals surface area contributed by atoms with Crippen LogP contribution in [0.15, 0.2) is 33.6 Å². The second kappa shape index (κ2) is 6.54. The fraction of sp³-hybridized carbons (Fsp3) is 0.588. The highest BCUT2D eigenvalue weighted by Crippen LogP contribution is 2.38. The third-order valence-electron chi connectivity index (χ3n) is 4.59. The summed E-state index contributed by atoms with van der Waals surface area (Å²) in [6.07, 6.45) is 3.39. The number of fused-ring (bicyclic) bond motifs is 2. The quantitative estimate of drug-likeness (QED) is 0.809. The predicted octanol–water partition coefficient (Wildman–Crippen LogP) is 3.67. The highest BCUT2D eigenvalue weighted by atomic mass is 79.9. The number of halogens is 1. The number of carbonyl (C=O) groups is 1. The van der Waals surface area contributed by atoms with Gasteiger partial charge in [0.25, 0.3) is 0 Å². The predicted molar refractivity (Wildman–Crippen MR) is 95.2 cm³/mol. The molecule has 3 rings (SSSR count). The van der Waals surface area contributed by atoms with Crippen molar-refractivity contribution < 1.29 is 4.79 Å². The largest absolute Gasteiger partial charge is 0.334 e. The molecule has 22 heavy (non-hydrogen) atoms. The average molecular weight is 383 g/mol. The molecule has 1 aromatic carbocycles. The fourth-order valence-electron chi connectivity index (χ4n) is 3.47. The van der Waals surface area contributed by atoms with Gasteiger partial charge < -0.3 is 10.2 Å². The second-order valence-corrected chi connectivity index (χ2v) is 9.27. The van der Waals surface area contributed by atoms with E-state index in [-0.39, 0.29) is 5.91 Å². The van der Waals surface area contributed by atoms with Crippen LogP contribution in [0.5, 0.6) is 0 Å². The Morgan fingerprint density at radius 1 is 1.23 bits per heavy atom. The number of carbonyl (C=O) groups excluding carboxylic acids is 1. The van der Waals surface area contributed by atoms with E-state index in [1.807, 2.05) is 12.1 Å². The molecule has 2 unspecified atom stereocenters. The van der Waals surface area contributed by atoms with Crippen LogP contribution in [0.3, 0.4) is 0 Å². The summed E-state index contributed by atoms with van der Waals surface area (Å²) in [6, 6.07) is 9.01. The van der Waals surface area contributed by atoms with Crippen LogP contribution >= 0.6 is 27.7 Å². The Hall–Kier alpha value is -0.520. The number of hydrogen-bond donors (Lipinski definition) is 1. The fourth-order valence-corrected chi connectivity index (χ4v) is 4.78. The van der Waals surface area contributed by atoms with Gasteiger partial charge in [0.05, 0.1) is 4.75 Å². The smallest absolute Gasteiger partial charge is 0.239 e. The van der Waals surface area contributed by atoms with Crippen molar-refractivity contribution in [2.75, 3.05) is 13.1 Å². The highest BCUT2D eigenvalue weighted by molar-refractivity contribution is 9.10. The monoisotopic (exact) mass is 382 g/mol. The van der Waals surface area contributed by atoms with Crippen LogP contribution in [0.1, 0.15) is 33.1 Å². The van der Waals surface area contributed by atoms with E-state index in [0.717, 1.165) is 41.7 Å². The summed E-state index contributed by atoms with van der Waals surface area (Å²) in [5, 5.41) is 3.46. The minimum absolute atomic E-state index is 0.289. The van der Waals surface area contributed by atoms with E-state index >= 15 is 0 Å². The van der Waals surface area contributed by atoms with Gasteiger partial charge in [-0.05, 0) is 63.9 Å². The van der Waals surface area contributed by atoms with Gasteiger partial charge in [0, 0.05) is 28.0 Å². The van der Waals surface area contributed by atoms with Crippen molar-refractivity contribution in [3.8, 4) is 0 Å². The number of nitrogens with zero attached hydrogens (tertiary/aromatic N) is 1. The molecule has 1 aromatic rings. The van der Waals surface area contributed by atoms with Gasteiger partial charge in [-0.3, -0.25) is 4.79 Å². The summed E-state index contributed by atoms with van der Waals surface area (Å²) < 4.78 is 0.636. The lowest BCUT2D eigenvalue weighted by Gasteiger charge is -2.35. The molecular formula is C17H23BrN2OS. The van der Waals surface area contributed by atoms with E-state index in [9.17, 15) is 4.79 Å². The summed E-state index contributed by atoms with van der Waals surface area (Å²) >= 11 is 5.12. The normalized spacial score (nSPS) is 25.1. The van der Waals surface area contributed by atoms with Gasteiger partial charge in [0.1, 0.15) is 0 Å². The van der Waals surface area contributed by atoms with E-state index in [0.29, 0.717) is 12.1 Å². The van der Waals surface area contributed by atoms with Crippen LogP contribution in [-0.4, -0.2) is 40.7 Å². The summed E-state index contributed by atoms with van der Waals surface area (Å²) in [5.74, 6) is 0.289. The molecule has 2 aliphatic rings. The molecule has 3 nitrogen and oxygen atoms in total. The van der Waals surface area contributed by atoms with Crippen molar-refractivity contribution in [3.63, 3.8) is 0 Å². The van der Waals surface area contributed by atoms with Crippen LogP contribution in [0.25, 0.3) is 0 Å². The first kappa shape index (κ1) is 16.3. The van der Waals surface area contributed by atoms with Crippen molar-refractivity contribution in [3.05, 3.63) is 28.7 Å². The Labute approximate surface area is 145 Å². The lowest BCUT2D eigenvalue weighted by molar-refractivity contribution is -0.135. The minimum Gasteiger partial charge on any atom is -0.334 e. The SMILES string of the molecule is CC(C)(Sc1ccc(Br)cc1)C(=O)N1C2CCNCC1CC2. The maximum atomic E-state index is 13.2. The van der Waals surface area contributed by atoms with Gasteiger partial charge in [0.2, 0.25) is 5.91 Å². The Kier molecular flexibility index (Phi) is 4.86. The zero-order chi connectivity index (χ0) is 15.7. The first-order chi connectivity index (χ1) is 10.5. The van der Waals surface area contributed by atoms with Gasteiger partial charge in [-0.2, -0.15) is 0 Å². The van der Waals surface area contributed by atoms with E-state index in [1.165, 1.54) is 0 Å². The molecule has 0 spiro atoms. The van der Waals surface area contributed by atoms with E-state index in [1.54, 1.807) is 11.8 Å². The van der Waals surface area contributed by atoms with E-state index in [4.69, 9.17) is 0 Å². The molecule has 120 valence electrons. The first-order valence-electron chi connectivity index (χ1n) is 7.95. The molecule has 0 radical (unpaired) electrons. The van der Waals surface area contributed by atoms with Crippen LogP contribution in [0.2, 0.25) is 0 Å². The third-order valence-corrected chi connectivity index (χ3v) is 6.31.